The minimum absolute atomic E-state index is 0.0279. The molecule has 0 saturated heterocycles. The van der Waals surface area contributed by atoms with Gasteiger partial charge in [0.2, 0.25) is 11.8 Å². The standard InChI is InChI=1S/C20H24N2O2/c1-15-6-4-5-7-17(15)14-19(23)21-18-11-8-16(9-12-18)10-13-20(24)22(2)3/h4-9,11-12H,10,13-14H2,1-3H3,(H,21,23). The van der Waals surface area contributed by atoms with Crippen molar-refractivity contribution in [1.82, 2.24) is 4.90 Å². The van der Waals surface area contributed by atoms with Gasteiger partial charge in [-0.2, -0.15) is 0 Å². The Balaban J connectivity index is 1.88. The Labute approximate surface area is 143 Å². The third-order valence-corrected chi connectivity index (χ3v) is 3.98. The Hall–Kier alpha value is -2.62. The Morgan fingerprint density at radius 2 is 1.67 bits per heavy atom. The van der Waals surface area contributed by atoms with Crippen molar-refractivity contribution in [2.24, 2.45) is 0 Å². The van der Waals surface area contributed by atoms with Crippen molar-refractivity contribution in [3.8, 4) is 0 Å². The summed E-state index contributed by atoms with van der Waals surface area (Å²) in [6.45, 7) is 2.01. The van der Waals surface area contributed by atoms with Crippen molar-refractivity contribution >= 4 is 17.5 Å². The maximum atomic E-state index is 12.1. The number of nitrogens with zero attached hydrogens (tertiary/aromatic N) is 1. The van der Waals surface area contributed by atoms with Crippen molar-refractivity contribution in [2.75, 3.05) is 19.4 Å². The number of rotatable bonds is 6. The number of benzene rings is 2. The molecule has 4 nitrogen and oxygen atoms in total. The predicted octanol–water partition coefficient (Wildman–Crippen LogP) is 3.20. The number of aryl methyl sites for hydroxylation is 2. The molecule has 0 heterocycles. The van der Waals surface area contributed by atoms with E-state index in [9.17, 15) is 9.59 Å². The van der Waals surface area contributed by atoms with E-state index < -0.39 is 0 Å². The summed E-state index contributed by atoms with van der Waals surface area (Å²) in [5, 5.41) is 2.91. The van der Waals surface area contributed by atoms with Crippen molar-refractivity contribution in [3.63, 3.8) is 0 Å². The zero-order valence-electron chi connectivity index (χ0n) is 14.5. The van der Waals surface area contributed by atoms with Gasteiger partial charge in [-0.25, -0.2) is 0 Å². The number of anilines is 1. The summed E-state index contributed by atoms with van der Waals surface area (Å²) in [6, 6.07) is 15.6. The van der Waals surface area contributed by atoms with Crippen LogP contribution in [0.25, 0.3) is 0 Å². The monoisotopic (exact) mass is 324 g/mol. The molecule has 0 aromatic heterocycles. The van der Waals surface area contributed by atoms with E-state index in [4.69, 9.17) is 0 Å². The van der Waals surface area contributed by atoms with E-state index in [-0.39, 0.29) is 11.8 Å². The van der Waals surface area contributed by atoms with Crippen LogP contribution in [0.1, 0.15) is 23.1 Å². The molecule has 126 valence electrons. The smallest absolute Gasteiger partial charge is 0.228 e. The Kier molecular flexibility index (Phi) is 6.13. The van der Waals surface area contributed by atoms with E-state index in [0.717, 1.165) is 22.4 Å². The number of hydrogen-bond donors (Lipinski definition) is 1. The molecule has 2 amide bonds. The second-order valence-electron chi connectivity index (χ2n) is 6.14. The fraction of sp³-hybridized carbons (Fsp3) is 0.300. The van der Waals surface area contributed by atoms with Crippen LogP contribution in [0.15, 0.2) is 48.5 Å². The first kappa shape index (κ1) is 17.7. The number of nitrogens with one attached hydrogen (secondary N) is 1. The summed E-state index contributed by atoms with van der Waals surface area (Å²) in [6.07, 6.45) is 1.56. The third-order valence-electron chi connectivity index (χ3n) is 3.98. The van der Waals surface area contributed by atoms with Gasteiger partial charge in [0.25, 0.3) is 0 Å². The Morgan fingerprint density at radius 1 is 1.00 bits per heavy atom. The SMILES string of the molecule is Cc1ccccc1CC(=O)Nc1ccc(CCC(=O)N(C)C)cc1. The average molecular weight is 324 g/mol. The summed E-state index contributed by atoms with van der Waals surface area (Å²) < 4.78 is 0. The fourth-order valence-electron chi connectivity index (χ4n) is 2.42. The molecule has 0 fully saturated rings. The Morgan fingerprint density at radius 3 is 2.29 bits per heavy atom. The van der Waals surface area contributed by atoms with Crippen LogP contribution in [0.2, 0.25) is 0 Å². The topological polar surface area (TPSA) is 49.4 Å². The highest BCUT2D eigenvalue weighted by Gasteiger charge is 2.07. The molecule has 0 unspecified atom stereocenters. The molecule has 2 aromatic rings. The van der Waals surface area contributed by atoms with E-state index in [2.05, 4.69) is 5.32 Å². The van der Waals surface area contributed by atoms with Crippen LogP contribution < -0.4 is 5.32 Å². The van der Waals surface area contributed by atoms with Gasteiger partial charge in [-0.1, -0.05) is 36.4 Å². The van der Waals surface area contributed by atoms with E-state index in [1.54, 1.807) is 19.0 Å². The number of carbonyl (C=O) groups excluding carboxylic acids is 2. The summed E-state index contributed by atoms with van der Waals surface area (Å²) in [7, 11) is 3.52. The molecule has 2 rings (SSSR count). The lowest BCUT2D eigenvalue weighted by Gasteiger charge is -2.10. The van der Waals surface area contributed by atoms with Crippen LogP contribution in [-0.2, 0) is 22.4 Å². The highest BCUT2D eigenvalue weighted by molar-refractivity contribution is 5.92. The molecule has 2 aromatic carbocycles. The summed E-state index contributed by atoms with van der Waals surface area (Å²) >= 11 is 0. The van der Waals surface area contributed by atoms with Crippen LogP contribution in [0.4, 0.5) is 5.69 Å². The van der Waals surface area contributed by atoms with Crippen molar-refractivity contribution in [2.45, 2.75) is 26.2 Å². The van der Waals surface area contributed by atoms with Gasteiger partial charge in [-0.3, -0.25) is 9.59 Å². The number of amides is 2. The van der Waals surface area contributed by atoms with Crippen LogP contribution in [0.3, 0.4) is 0 Å². The van der Waals surface area contributed by atoms with Gasteiger partial charge in [0, 0.05) is 26.2 Å². The molecule has 0 saturated carbocycles. The van der Waals surface area contributed by atoms with E-state index in [0.29, 0.717) is 19.3 Å². The van der Waals surface area contributed by atoms with Gasteiger partial charge in [0.05, 0.1) is 6.42 Å². The van der Waals surface area contributed by atoms with E-state index >= 15 is 0 Å². The Bertz CT molecular complexity index is 706. The molecule has 24 heavy (non-hydrogen) atoms. The van der Waals surface area contributed by atoms with E-state index in [1.807, 2.05) is 55.5 Å². The first-order valence-corrected chi connectivity index (χ1v) is 8.09. The average Bonchev–Trinajstić information content (AvgIpc) is 2.56. The van der Waals surface area contributed by atoms with Gasteiger partial charge < -0.3 is 10.2 Å². The lowest BCUT2D eigenvalue weighted by molar-refractivity contribution is -0.128. The van der Waals surface area contributed by atoms with Crippen LogP contribution in [0, 0.1) is 6.92 Å². The maximum absolute atomic E-state index is 12.1. The van der Waals surface area contributed by atoms with Gasteiger partial charge in [0.1, 0.15) is 0 Å². The minimum Gasteiger partial charge on any atom is -0.349 e. The predicted molar refractivity (Wildman–Crippen MR) is 97.0 cm³/mol. The second kappa shape index (κ2) is 8.29. The molecule has 0 aliphatic carbocycles. The highest BCUT2D eigenvalue weighted by Crippen LogP contribution is 2.13. The first-order valence-electron chi connectivity index (χ1n) is 8.09. The number of hydrogen-bond acceptors (Lipinski definition) is 2. The molecule has 0 aliphatic heterocycles. The van der Waals surface area contributed by atoms with Crippen molar-refractivity contribution < 1.29 is 9.59 Å². The molecular formula is C20H24N2O2. The third kappa shape index (κ3) is 5.23. The minimum atomic E-state index is -0.0279. The highest BCUT2D eigenvalue weighted by atomic mass is 16.2. The largest absolute Gasteiger partial charge is 0.349 e. The van der Waals surface area contributed by atoms with Crippen LogP contribution in [-0.4, -0.2) is 30.8 Å². The van der Waals surface area contributed by atoms with Gasteiger partial charge in [-0.15, -0.1) is 0 Å². The van der Waals surface area contributed by atoms with Crippen molar-refractivity contribution in [1.29, 1.82) is 0 Å². The molecule has 1 N–H and O–H groups in total. The molecule has 0 spiro atoms. The van der Waals surface area contributed by atoms with Crippen molar-refractivity contribution in [3.05, 3.63) is 65.2 Å². The first-order chi connectivity index (χ1) is 11.5. The fourth-order valence-corrected chi connectivity index (χ4v) is 2.42. The summed E-state index contributed by atoms with van der Waals surface area (Å²) in [5.74, 6) is 0.0884. The van der Waals surface area contributed by atoms with Gasteiger partial charge >= 0.3 is 0 Å². The summed E-state index contributed by atoms with van der Waals surface area (Å²) in [4.78, 5) is 25.3. The van der Waals surface area contributed by atoms with E-state index in [1.165, 1.54) is 0 Å². The molecular weight excluding hydrogens is 300 g/mol. The zero-order valence-corrected chi connectivity index (χ0v) is 14.5. The number of carbonyl (C=O) groups is 2. The molecule has 0 radical (unpaired) electrons. The normalized spacial score (nSPS) is 10.3. The quantitative estimate of drug-likeness (QED) is 0.887. The molecule has 0 aliphatic rings. The molecule has 4 heteroatoms. The molecule has 0 atom stereocenters. The van der Waals surface area contributed by atoms with Crippen LogP contribution >= 0.6 is 0 Å². The summed E-state index contributed by atoms with van der Waals surface area (Å²) in [5.41, 5.74) is 4.01. The molecule has 0 bridgehead atoms. The zero-order chi connectivity index (χ0) is 17.5. The van der Waals surface area contributed by atoms with Gasteiger partial charge in [0.15, 0.2) is 0 Å². The van der Waals surface area contributed by atoms with Crippen LogP contribution in [0.5, 0.6) is 0 Å². The lowest BCUT2D eigenvalue weighted by atomic mass is 10.1. The lowest BCUT2D eigenvalue weighted by Crippen LogP contribution is -2.21. The maximum Gasteiger partial charge on any atom is 0.228 e. The van der Waals surface area contributed by atoms with Gasteiger partial charge in [-0.05, 0) is 42.2 Å². The second-order valence-corrected chi connectivity index (χ2v) is 6.14.